The van der Waals surface area contributed by atoms with Gasteiger partial charge in [-0.25, -0.2) is 4.68 Å². The highest BCUT2D eigenvalue weighted by molar-refractivity contribution is 5.80. The Labute approximate surface area is 194 Å². The van der Waals surface area contributed by atoms with E-state index < -0.39 is 0 Å². The predicted molar refractivity (Wildman–Crippen MR) is 127 cm³/mol. The molecule has 0 radical (unpaired) electrons. The van der Waals surface area contributed by atoms with Crippen molar-refractivity contribution in [2.45, 2.75) is 70.0 Å². The molecule has 174 valence electrons. The number of piperazine rings is 1. The van der Waals surface area contributed by atoms with Crippen molar-refractivity contribution in [1.29, 1.82) is 0 Å². The molecule has 3 fully saturated rings. The Morgan fingerprint density at radius 1 is 1.06 bits per heavy atom. The van der Waals surface area contributed by atoms with Gasteiger partial charge in [-0.3, -0.25) is 14.6 Å². The monoisotopic (exact) mass is 447 g/mol. The van der Waals surface area contributed by atoms with Crippen molar-refractivity contribution in [3.05, 3.63) is 51.6 Å². The normalized spacial score (nSPS) is 23.4. The summed E-state index contributed by atoms with van der Waals surface area (Å²) in [4.78, 5) is 21.7. The molecule has 4 heterocycles. The van der Waals surface area contributed by atoms with Crippen LogP contribution in [0.5, 0.6) is 0 Å². The fourth-order valence-electron chi connectivity index (χ4n) is 6.23. The predicted octanol–water partition coefficient (Wildman–Crippen LogP) is 3.06. The largest absolute Gasteiger partial charge is 0.322 e. The number of tetrazole rings is 1. The molecule has 8 heteroatoms. The number of fused-ring (bicyclic) bond motifs is 2. The zero-order valence-corrected chi connectivity index (χ0v) is 19.4. The number of hydrogen-bond acceptors (Lipinski definition) is 6. The van der Waals surface area contributed by atoms with Crippen LogP contribution in [0.15, 0.2) is 29.1 Å². The molecular formula is C25H33N7O. The summed E-state index contributed by atoms with van der Waals surface area (Å²) in [6.45, 7) is 6.27. The van der Waals surface area contributed by atoms with E-state index in [-0.39, 0.29) is 11.6 Å². The van der Waals surface area contributed by atoms with Crippen molar-refractivity contribution in [3.8, 4) is 0 Å². The van der Waals surface area contributed by atoms with Crippen LogP contribution in [0.25, 0.3) is 10.9 Å². The number of nitrogens with zero attached hydrogens (tertiary/aromatic N) is 6. The van der Waals surface area contributed by atoms with E-state index in [0.717, 1.165) is 61.2 Å². The van der Waals surface area contributed by atoms with Crippen LogP contribution in [0.3, 0.4) is 0 Å². The van der Waals surface area contributed by atoms with E-state index >= 15 is 0 Å². The lowest BCUT2D eigenvalue weighted by Gasteiger charge is -2.41. The third kappa shape index (κ3) is 3.79. The molecule has 6 rings (SSSR count). The van der Waals surface area contributed by atoms with Crippen LogP contribution in [0.1, 0.15) is 74.5 Å². The Morgan fingerprint density at radius 2 is 1.91 bits per heavy atom. The molecule has 2 aromatic heterocycles. The van der Waals surface area contributed by atoms with Crippen molar-refractivity contribution in [2.24, 2.45) is 0 Å². The Bertz CT molecular complexity index is 1190. The lowest BCUT2D eigenvalue weighted by Crippen LogP contribution is -2.52. The summed E-state index contributed by atoms with van der Waals surface area (Å²) in [5, 5.41) is 14.2. The quantitative estimate of drug-likeness (QED) is 0.647. The highest BCUT2D eigenvalue weighted by Gasteiger charge is 2.38. The number of rotatable bonds is 5. The van der Waals surface area contributed by atoms with Crippen molar-refractivity contribution in [2.75, 3.05) is 26.2 Å². The highest BCUT2D eigenvalue weighted by atomic mass is 16.1. The number of hydrogen-bond donors (Lipinski definition) is 1. The molecule has 3 aromatic rings. The van der Waals surface area contributed by atoms with Gasteiger partial charge in [-0.1, -0.05) is 25.8 Å². The first-order valence-electron chi connectivity index (χ1n) is 12.6. The van der Waals surface area contributed by atoms with Crippen LogP contribution in [-0.4, -0.2) is 67.2 Å². The SMILES string of the molecule is CCc1ccc2[nH]c(=O)c([C@H](c3nnnn3C3CCCC3)N3CCN4CCC[C@@H]4C3)cc2c1. The summed E-state index contributed by atoms with van der Waals surface area (Å²) in [5.74, 6) is 0.824. The molecule has 1 saturated carbocycles. The fraction of sp³-hybridized carbons (Fsp3) is 0.600. The molecular weight excluding hydrogens is 414 g/mol. The number of aryl methyl sites for hydroxylation is 1. The number of aromatic amines is 1. The smallest absolute Gasteiger partial charge is 0.253 e. The fourth-order valence-corrected chi connectivity index (χ4v) is 6.23. The molecule has 2 atom stereocenters. The first-order valence-corrected chi connectivity index (χ1v) is 12.6. The second-order valence-electron chi connectivity index (χ2n) is 9.98. The summed E-state index contributed by atoms with van der Waals surface area (Å²) in [5.41, 5.74) is 2.88. The van der Waals surface area contributed by atoms with Gasteiger partial charge >= 0.3 is 0 Å². The minimum Gasteiger partial charge on any atom is -0.322 e. The van der Waals surface area contributed by atoms with Crippen molar-refractivity contribution >= 4 is 10.9 Å². The van der Waals surface area contributed by atoms with E-state index in [0.29, 0.717) is 12.1 Å². The standard InChI is InChI=1S/C25H33N7O/c1-2-17-9-10-22-18(14-17)15-21(25(33)26-22)23(31-13-12-30-11-5-8-20(30)16-31)24-27-28-29-32(24)19-6-3-4-7-19/h9-10,14-15,19-20,23H,2-8,11-13,16H2,1H3,(H,26,33)/t20-,23-/m1/s1. The Hall–Kier alpha value is -2.58. The summed E-state index contributed by atoms with van der Waals surface area (Å²) in [6.07, 6.45) is 8.10. The van der Waals surface area contributed by atoms with Gasteiger partial charge in [-0.2, -0.15) is 0 Å². The molecule has 8 nitrogen and oxygen atoms in total. The lowest BCUT2D eigenvalue weighted by atomic mass is 10.00. The number of nitrogens with one attached hydrogen (secondary N) is 1. The van der Waals surface area contributed by atoms with Gasteiger partial charge in [0.05, 0.1) is 6.04 Å². The van der Waals surface area contributed by atoms with E-state index in [4.69, 9.17) is 0 Å². The minimum atomic E-state index is -0.234. The third-order valence-electron chi connectivity index (χ3n) is 8.06. The zero-order valence-electron chi connectivity index (χ0n) is 19.4. The van der Waals surface area contributed by atoms with Gasteiger partial charge in [0.1, 0.15) is 6.04 Å². The van der Waals surface area contributed by atoms with Gasteiger partial charge in [0.25, 0.3) is 5.56 Å². The molecule has 0 bridgehead atoms. The van der Waals surface area contributed by atoms with Gasteiger partial charge in [-0.05, 0) is 78.2 Å². The van der Waals surface area contributed by atoms with Crippen molar-refractivity contribution in [1.82, 2.24) is 35.0 Å². The van der Waals surface area contributed by atoms with Crippen LogP contribution in [-0.2, 0) is 6.42 Å². The average molecular weight is 448 g/mol. The summed E-state index contributed by atoms with van der Waals surface area (Å²) >= 11 is 0. The number of H-pyrrole nitrogens is 1. The van der Waals surface area contributed by atoms with Crippen LogP contribution in [0.4, 0.5) is 0 Å². The Kier molecular flexibility index (Phi) is 5.50. The molecule has 0 spiro atoms. The molecule has 1 N–H and O–H groups in total. The second-order valence-corrected chi connectivity index (χ2v) is 9.98. The molecule has 0 amide bonds. The van der Waals surface area contributed by atoms with Gasteiger partial charge < -0.3 is 4.98 Å². The molecule has 1 aliphatic carbocycles. The van der Waals surface area contributed by atoms with Gasteiger partial charge in [0.15, 0.2) is 5.82 Å². The molecule has 1 aromatic carbocycles. The van der Waals surface area contributed by atoms with E-state index in [1.54, 1.807) is 0 Å². The van der Waals surface area contributed by atoms with Crippen molar-refractivity contribution < 1.29 is 0 Å². The second kappa shape index (κ2) is 8.65. The topological polar surface area (TPSA) is 82.9 Å². The van der Waals surface area contributed by atoms with E-state index in [2.05, 4.69) is 55.4 Å². The average Bonchev–Trinajstić information content (AvgIpc) is 3.60. The first-order chi connectivity index (χ1) is 16.2. The zero-order chi connectivity index (χ0) is 22.4. The lowest BCUT2D eigenvalue weighted by molar-refractivity contribution is 0.0783. The van der Waals surface area contributed by atoms with E-state index in [1.807, 2.05) is 10.7 Å². The van der Waals surface area contributed by atoms with Gasteiger partial charge in [0.2, 0.25) is 0 Å². The summed E-state index contributed by atoms with van der Waals surface area (Å²) in [7, 11) is 0. The molecule has 33 heavy (non-hydrogen) atoms. The number of benzene rings is 1. The number of pyridine rings is 1. The van der Waals surface area contributed by atoms with Gasteiger partial charge in [0, 0.05) is 36.8 Å². The summed E-state index contributed by atoms with van der Waals surface area (Å²) in [6, 6.07) is 9.05. The summed E-state index contributed by atoms with van der Waals surface area (Å²) < 4.78 is 2.03. The highest BCUT2D eigenvalue weighted by Crippen LogP contribution is 2.35. The van der Waals surface area contributed by atoms with Crippen LogP contribution in [0.2, 0.25) is 0 Å². The molecule has 3 aliphatic rings. The van der Waals surface area contributed by atoms with Crippen molar-refractivity contribution in [3.63, 3.8) is 0 Å². The maximum atomic E-state index is 13.5. The minimum absolute atomic E-state index is 0.0356. The maximum absolute atomic E-state index is 13.5. The first kappa shape index (κ1) is 21.0. The van der Waals surface area contributed by atoms with Gasteiger partial charge in [-0.15, -0.1) is 5.10 Å². The molecule has 0 unspecified atom stereocenters. The Morgan fingerprint density at radius 3 is 2.76 bits per heavy atom. The van der Waals surface area contributed by atoms with E-state index in [9.17, 15) is 4.79 Å². The third-order valence-corrected chi connectivity index (χ3v) is 8.06. The van der Waals surface area contributed by atoms with Crippen LogP contribution in [0, 0.1) is 0 Å². The van der Waals surface area contributed by atoms with Crippen LogP contribution >= 0.6 is 0 Å². The number of aromatic nitrogens is 5. The molecule has 2 aliphatic heterocycles. The van der Waals surface area contributed by atoms with Crippen LogP contribution < -0.4 is 5.56 Å². The van der Waals surface area contributed by atoms with E-state index in [1.165, 1.54) is 37.8 Å². The Balaban J connectivity index is 1.47. The molecule has 2 saturated heterocycles. The maximum Gasteiger partial charge on any atom is 0.253 e.